The van der Waals surface area contributed by atoms with Crippen molar-refractivity contribution >= 4 is 23.7 Å². The number of aryl methyl sites for hydroxylation is 1. The van der Waals surface area contributed by atoms with Gasteiger partial charge >= 0.3 is 11.8 Å². The predicted molar refractivity (Wildman–Crippen MR) is 124 cm³/mol. The van der Waals surface area contributed by atoms with Crippen LogP contribution in [0.3, 0.4) is 0 Å². The lowest BCUT2D eigenvalue weighted by atomic mass is 10.2. The van der Waals surface area contributed by atoms with Gasteiger partial charge in [0.05, 0.1) is 19.9 Å². The number of ether oxygens (including phenoxy) is 2. The van der Waals surface area contributed by atoms with Gasteiger partial charge in [-0.15, -0.1) is 0 Å². The smallest absolute Gasteiger partial charge is 0.329 e. The average Bonchev–Trinajstić information content (AvgIpc) is 3.08. The number of aromatic nitrogens is 1. The molecule has 0 aliphatic heterocycles. The highest BCUT2D eigenvalue weighted by atomic mass is 16.5. The summed E-state index contributed by atoms with van der Waals surface area (Å²) in [6.45, 7) is 6.38. The Hall–Kier alpha value is -4.07. The third-order valence-corrected chi connectivity index (χ3v) is 4.80. The number of nitrogens with one attached hydrogen (secondary N) is 2. The zero-order valence-electron chi connectivity index (χ0n) is 18.5. The molecule has 8 heteroatoms. The Morgan fingerprint density at radius 1 is 1.00 bits per heavy atom. The van der Waals surface area contributed by atoms with Crippen LogP contribution in [0.1, 0.15) is 23.9 Å². The number of rotatable bonds is 7. The van der Waals surface area contributed by atoms with Gasteiger partial charge in [0.15, 0.2) is 0 Å². The van der Waals surface area contributed by atoms with Crippen molar-refractivity contribution in [3.63, 3.8) is 0 Å². The van der Waals surface area contributed by atoms with Crippen LogP contribution in [-0.4, -0.2) is 36.3 Å². The zero-order valence-corrected chi connectivity index (χ0v) is 18.5. The van der Waals surface area contributed by atoms with Crippen molar-refractivity contribution in [3.05, 3.63) is 71.5 Å². The highest BCUT2D eigenvalue weighted by molar-refractivity contribution is 6.39. The maximum Gasteiger partial charge on any atom is 0.329 e. The standard InChI is InChI=1S/C24H26N4O4/c1-5-32-22-10-6-19(7-11-22)26-23(29)24(30)27-25-15-18-14-16(2)28(17(18)3)20-8-12-21(31-4)13-9-20/h6-15H,5H2,1-4H3,(H,26,29)(H,27,30)/b25-15-. The van der Waals surface area contributed by atoms with E-state index >= 15 is 0 Å². The normalized spacial score (nSPS) is 10.8. The topological polar surface area (TPSA) is 94.0 Å². The molecule has 3 rings (SSSR count). The molecule has 0 unspecified atom stereocenters. The summed E-state index contributed by atoms with van der Waals surface area (Å²) in [5, 5.41) is 6.46. The fraction of sp³-hybridized carbons (Fsp3) is 0.208. The molecule has 0 atom stereocenters. The first-order valence-corrected chi connectivity index (χ1v) is 10.1. The van der Waals surface area contributed by atoms with Crippen LogP contribution < -0.4 is 20.2 Å². The monoisotopic (exact) mass is 434 g/mol. The molecule has 3 aromatic rings. The second kappa shape index (κ2) is 10.3. The third-order valence-electron chi connectivity index (χ3n) is 4.80. The number of methoxy groups -OCH3 is 1. The number of benzene rings is 2. The molecule has 2 amide bonds. The summed E-state index contributed by atoms with van der Waals surface area (Å²) in [7, 11) is 1.63. The first-order valence-electron chi connectivity index (χ1n) is 10.1. The molecule has 0 saturated carbocycles. The number of hydrogen-bond donors (Lipinski definition) is 2. The second-order valence-corrected chi connectivity index (χ2v) is 6.97. The van der Waals surface area contributed by atoms with Crippen molar-refractivity contribution in [2.24, 2.45) is 5.10 Å². The summed E-state index contributed by atoms with van der Waals surface area (Å²) in [5.74, 6) is -0.204. The van der Waals surface area contributed by atoms with E-state index in [-0.39, 0.29) is 0 Å². The first-order chi connectivity index (χ1) is 15.4. The highest BCUT2D eigenvalue weighted by Crippen LogP contribution is 2.22. The van der Waals surface area contributed by atoms with E-state index in [9.17, 15) is 9.59 Å². The summed E-state index contributed by atoms with van der Waals surface area (Å²) >= 11 is 0. The third kappa shape index (κ3) is 5.34. The first kappa shape index (κ1) is 22.6. The molecule has 166 valence electrons. The Kier molecular flexibility index (Phi) is 7.28. The molecule has 0 aliphatic carbocycles. The summed E-state index contributed by atoms with van der Waals surface area (Å²) in [6, 6.07) is 16.4. The van der Waals surface area contributed by atoms with E-state index in [0.717, 1.165) is 28.4 Å². The second-order valence-electron chi connectivity index (χ2n) is 6.97. The van der Waals surface area contributed by atoms with Crippen LogP contribution in [0.4, 0.5) is 5.69 Å². The number of hydrogen-bond acceptors (Lipinski definition) is 5. The van der Waals surface area contributed by atoms with Gasteiger partial charge in [-0.2, -0.15) is 5.10 Å². The lowest BCUT2D eigenvalue weighted by molar-refractivity contribution is -0.136. The summed E-state index contributed by atoms with van der Waals surface area (Å²) in [4.78, 5) is 24.2. The molecular weight excluding hydrogens is 408 g/mol. The molecule has 32 heavy (non-hydrogen) atoms. The van der Waals surface area contributed by atoms with Crippen molar-refractivity contribution in [1.82, 2.24) is 9.99 Å². The quantitative estimate of drug-likeness (QED) is 0.338. The molecular formula is C24H26N4O4. The Labute approximate surface area is 186 Å². The highest BCUT2D eigenvalue weighted by Gasteiger charge is 2.14. The molecule has 1 aromatic heterocycles. The minimum atomic E-state index is -0.862. The molecule has 2 aromatic carbocycles. The molecule has 0 saturated heterocycles. The van der Waals surface area contributed by atoms with Crippen LogP contribution in [0.15, 0.2) is 59.7 Å². The number of amides is 2. The Morgan fingerprint density at radius 3 is 2.28 bits per heavy atom. The minimum Gasteiger partial charge on any atom is -0.497 e. The van der Waals surface area contributed by atoms with Gasteiger partial charge in [-0.05, 0) is 75.4 Å². The molecule has 0 spiro atoms. The summed E-state index contributed by atoms with van der Waals surface area (Å²) < 4.78 is 12.6. The Morgan fingerprint density at radius 2 is 1.66 bits per heavy atom. The fourth-order valence-corrected chi connectivity index (χ4v) is 3.25. The number of anilines is 1. The van der Waals surface area contributed by atoms with E-state index in [1.54, 1.807) is 31.4 Å². The van der Waals surface area contributed by atoms with E-state index in [0.29, 0.717) is 18.0 Å². The molecule has 0 bridgehead atoms. The van der Waals surface area contributed by atoms with Crippen LogP contribution in [-0.2, 0) is 9.59 Å². The van der Waals surface area contributed by atoms with Crippen LogP contribution >= 0.6 is 0 Å². The maximum absolute atomic E-state index is 12.1. The van der Waals surface area contributed by atoms with Crippen molar-refractivity contribution in [2.45, 2.75) is 20.8 Å². The number of nitrogens with zero attached hydrogens (tertiary/aromatic N) is 2. The summed E-state index contributed by atoms with van der Waals surface area (Å²) in [5.41, 5.74) is 6.51. The van der Waals surface area contributed by atoms with Gasteiger partial charge < -0.3 is 19.4 Å². The van der Waals surface area contributed by atoms with Gasteiger partial charge in [0, 0.05) is 28.3 Å². The fourth-order valence-electron chi connectivity index (χ4n) is 3.25. The van der Waals surface area contributed by atoms with E-state index in [4.69, 9.17) is 9.47 Å². The van der Waals surface area contributed by atoms with E-state index in [1.807, 2.05) is 51.1 Å². The zero-order chi connectivity index (χ0) is 23.1. The molecule has 0 radical (unpaired) electrons. The lowest BCUT2D eigenvalue weighted by Crippen LogP contribution is -2.32. The Bertz CT molecular complexity index is 1120. The maximum atomic E-state index is 12.1. The average molecular weight is 434 g/mol. The SMILES string of the molecule is CCOc1ccc(NC(=O)C(=O)N/N=C\c2cc(C)n(-c3ccc(OC)cc3)c2C)cc1. The molecule has 0 fully saturated rings. The molecule has 2 N–H and O–H groups in total. The number of hydrazone groups is 1. The van der Waals surface area contributed by atoms with Crippen LogP contribution in [0.25, 0.3) is 5.69 Å². The van der Waals surface area contributed by atoms with Gasteiger partial charge in [-0.25, -0.2) is 5.43 Å². The van der Waals surface area contributed by atoms with Crippen molar-refractivity contribution in [2.75, 3.05) is 19.0 Å². The van der Waals surface area contributed by atoms with Gasteiger partial charge in [0.25, 0.3) is 0 Å². The van der Waals surface area contributed by atoms with Crippen molar-refractivity contribution in [3.8, 4) is 17.2 Å². The van der Waals surface area contributed by atoms with Gasteiger partial charge in [-0.1, -0.05) is 0 Å². The van der Waals surface area contributed by atoms with Crippen LogP contribution in [0.5, 0.6) is 11.5 Å². The minimum absolute atomic E-state index is 0.487. The molecule has 0 aliphatic rings. The van der Waals surface area contributed by atoms with Crippen molar-refractivity contribution < 1.29 is 19.1 Å². The lowest BCUT2D eigenvalue weighted by Gasteiger charge is -2.10. The van der Waals surface area contributed by atoms with Gasteiger partial charge in [0.1, 0.15) is 11.5 Å². The van der Waals surface area contributed by atoms with Crippen LogP contribution in [0.2, 0.25) is 0 Å². The van der Waals surface area contributed by atoms with E-state index < -0.39 is 11.8 Å². The number of carbonyl (C=O) groups is 2. The van der Waals surface area contributed by atoms with Crippen molar-refractivity contribution in [1.29, 1.82) is 0 Å². The molecule has 1 heterocycles. The Balaban J connectivity index is 1.62. The largest absolute Gasteiger partial charge is 0.497 e. The number of carbonyl (C=O) groups excluding carboxylic acids is 2. The van der Waals surface area contributed by atoms with E-state index in [2.05, 4.69) is 20.4 Å². The van der Waals surface area contributed by atoms with E-state index in [1.165, 1.54) is 6.21 Å². The van der Waals surface area contributed by atoms with Crippen LogP contribution in [0, 0.1) is 13.8 Å². The summed E-state index contributed by atoms with van der Waals surface area (Å²) in [6.07, 6.45) is 1.52. The molecule has 8 nitrogen and oxygen atoms in total. The van der Waals surface area contributed by atoms with Gasteiger partial charge in [0.2, 0.25) is 0 Å². The van der Waals surface area contributed by atoms with Gasteiger partial charge in [-0.3, -0.25) is 9.59 Å². The predicted octanol–water partition coefficient (Wildman–Crippen LogP) is 3.59.